The maximum absolute atomic E-state index is 13.6. The molecule has 2 aromatic carbocycles. The van der Waals surface area contributed by atoms with Gasteiger partial charge in [0.15, 0.2) is 0 Å². The van der Waals surface area contributed by atoms with Crippen LogP contribution >= 0.6 is 11.6 Å². The highest BCUT2D eigenvalue weighted by Crippen LogP contribution is 2.25. The van der Waals surface area contributed by atoms with Crippen molar-refractivity contribution in [3.8, 4) is 0 Å². The standard InChI is InChI=1S/C19H18ClFN2O/c1-12-15(16-10-14(20)6-7-18(16)23-12)11-19(24)22-9-8-13-4-2-3-5-17(13)21/h2-7,10,23H,8-9,11H2,1H3,(H,22,24). The molecule has 0 bridgehead atoms. The SMILES string of the molecule is Cc1[nH]c2ccc(Cl)cc2c1CC(=O)NCCc1ccccc1F. The van der Waals surface area contributed by atoms with Gasteiger partial charge in [-0.2, -0.15) is 0 Å². The molecule has 0 unspecified atom stereocenters. The Hall–Kier alpha value is -2.33. The van der Waals surface area contributed by atoms with E-state index in [2.05, 4.69) is 10.3 Å². The first-order valence-corrected chi connectivity index (χ1v) is 8.19. The van der Waals surface area contributed by atoms with E-state index in [4.69, 9.17) is 11.6 Å². The third-order valence-electron chi connectivity index (χ3n) is 4.09. The summed E-state index contributed by atoms with van der Waals surface area (Å²) in [6.07, 6.45) is 0.737. The Kier molecular flexibility index (Phi) is 4.86. The van der Waals surface area contributed by atoms with Crippen LogP contribution in [0.1, 0.15) is 16.8 Å². The van der Waals surface area contributed by atoms with Gasteiger partial charge in [0.2, 0.25) is 5.91 Å². The van der Waals surface area contributed by atoms with Crippen LogP contribution in [0.4, 0.5) is 4.39 Å². The van der Waals surface area contributed by atoms with Gasteiger partial charge in [-0.3, -0.25) is 4.79 Å². The van der Waals surface area contributed by atoms with Crippen LogP contribution in [0.15, 0.2) is 42.5 Å². The minimum atomic E-state index is -0.242. The topological polar surface area (TPSA) is 44.9 Å². The Morgan fingerprint density at radius 3 is 2.83 bits per heavy atom. The van der Waals surface area contributed by atoms with Gasteiger partial charge in [0.25, 0.3) is 0 Å². The molecule has 0 fully saturated rings. The van der Waals surface area contributed by atoms with Crippen LogP contribution in [0.5, 0.6) is 0 Å². The molecule has 0 atom stereocenters. The molecule has 0 aliphatic heterocycles. The Morgan fingerprint density at radius 2 is 2.04 bits per heavy atom. The fourth-order valence-corrected chi connectivity index (χ4v) is 3.02. The molecule has 0 aliphatic carbocycles. The van der Waals surface area contributed by atoms with Crippen molar-refractivity contribution in [3.63, 3.8) is 0 Å². The predicted octanol–water partition coefficient (Wildman–Crippen LogP) is 4.17. The van der Waals surface area contributed by atoms with E-state index >= 15 is 0 Å². The summed E-state index contributed by atoms with van der Waals surface area (Å²) in [7, 11) is 0. The van der Waals surface area contributed by atoms with E-state index < -0.39 is 0 Å². The van der Waals surface area contributed by atoms with Gasteiger partial charge in [0.1, 0.15) is 5.82 Å². The zero-order chi connectivity index (χ0) is 17.1. The van der Waals surface area contributed by atoms with E-state index in [-0.39, 0.29) is 18.1 Å². The molecule has 24 heavy (non-hydrogen) atoms. The molecule has 0 saturated heterocycles. The largest absolute Gasteiger partial charge is 0.358 e. The number of aromatic nitrogens is 1. The number of halogens is 2. The van der Waals surface area contributed by atoms with Gasteiger partial charge in [0.05, 0.1) is 6.42 Å². The van der Waals surface area contributed by atoms with Crippen molar-refractivity contribution in [2.45, 2.75) is 19.8 Å². The molecule has 1 amide bonds. The summed E-state index contributed by atoms with van der Waals surface area (Å²) in [5.74, 6) is -0.329. The number of amides is 1. The lowest BCUT2D eigenvalue weighted by Gasteiger charge is -2.07. The number of hydrogen-bond acceptors (Lipinski definition) is 1. The first-order chi connectivity index (χ1) is 11.5. The van der Waals surface area contributed by atoms with Crippen molar-refractivity contribution in [2.75, 3.05) is 6.54 Å². The fourth-order valence-electron chi connectivity index (χ4n) is 2.84. The average Bonchev–Trinajstić information content (AvgIpc) is 2.85. The maximum Gasteiger partial charge on any atom is 0.224 e. The van der Waals surface area contributed by atoms with Gasteiger partial charge in [-0.05, 0) is 48.7 Å². The number of nitrogens with one attached hydrogen (secondary N) is 2. The summed E-state index contributed by atoms with van der Waals surface area (Å²) < 4.78 is 13.6. The van der Waals surface area contributed by atoms with E-state index in [0.717, 1.165) is 22.2 Å². The van der Waals surface area contributed by atoms with E-state index in [9.17, 15) is 9.18 Å². The van der Waals surface area contributed by atoms with Crippen LogP contribution in [-0.2, 0) is 17.6 Å². The summed E-state index contributed by atoms with van der Waals surface area (Å²) in [6, 6.07) is 12.2. The third-order valence-corrected chi connectivity index (χ3v) is 4.33. The minimum Gasteiger partial charge on any atom is -0.358 e. The molecular weight excluding hydrogens is 327 g/mol. The average molecular weight is 345 g/mol. The number of aromatic amines is 1. The molecule has 0 saturated carbocycles. The first-order valence-electron chi connectivity index (χ1n) is 7.81. The zero-order valence-corrected chi connectivity index (χ0v) is 14.1. The molecular formula is C19H18ClFN2O. The van der Waals surface area contributed by atoms with E-state index in [1.54, 1.807) is 18.2 Å². The van der Waals surface area contributed by atoms with Crippen LogP contribution < -0.4 is 5.32 Å². The third kappa shape index (κ3) is 3.60. The monoisotopic (exact) mass is 344 g/mol. The number of fused-ring (bicyclic) bond motifs is 1. The Labute approximate surface area is 144 Å². The lowest BCUT2D eigenvalue weighted by atomic mass is 10.1. The lowest BCUT2D eigenvalue weighted by Crippen LogP contribution is -2.27. The number of carbonyl (C=O) groups is 1. The molecule has 0 spiro atoms. The Bertz CT molecular complexity index is 888. The van der Waals surface area contributed by atoms with Gasteiger partial charge < -0.3 is 10.3 Å². The van der Waals surface area contributed by atoms with Crippen LogP contribution in [0.3, 0.4) is 0 Å². The molecule has 0 aliphatic rings. The molecule has 5 heteroatoms. The Morgan fingerprint density at radius 1 is 1.25 bits per heavy atom. The van der Waals surface area contributed by atoms with Crippen molar-refractivity contribution in [1.29, 1.82) is 0 Å². The smallest absolute Gasteiger partial charge is 0.224 e. The second-order valence-electron chi connectivity index (χ2n) is 5.79. The molecule has 124 valence electrons. The van der Waals surface area contributed by atoms with Crippen LogP contribution in [0.25, 0.3) is 10.9 Å². The van der Waals surface area contributed by atoms with Gasteiger partial charge >= 0.3 is 0 Å². The van der Waals surface area contributed by atoms with Crippen LogP contribution in [0.2, 0.25) is 5.02 Å². The van der Waals surface area contributed by atoms with Gasteiger partial charge in [-0.1, -0.05) is 29.8 Å². The van der Waals surface area contributed by atoms with Crippen molar-refractivity contribution in [2.24, 2.45) is 0 Å². The van der Waals surface area contributed by atoms with Gasteiger partial charge in [0, 0.05) is 28.2 Å². The van der Waals surface area contributed by atoms with Crippen molar-refractivity contribution in [1.82, 2.24) is 10.3 Å². The van der Waals surface area contributed by atoms with Gasteiger partial charge in [-0.15, -0.1) is 0 Å². The zero-order valence-electron chi connectivity index (χ0n) is 13.3. The molecule has 1 aromatic heterocycles. The fraction of sp³-hybridized carbons (Fsp3) is 0.211. The molecule has 3 nitrogen and oxygen atoms in total. The summed E-state index contributed by atoms with van der Waals surface area (Å²) in [4.78, 5) is 15.5. The first kappa shape index (κ1) is 16.5. The second kappa shape index (κ2) is 7.05. The molecule has 3 aromatic rings. The van der Waals surface area contributed by atoms with Gasteiger partial charge in [-0.25, -0.2) is 4.39 Å². The van der Waals surface area contributed by atoms with Crippen molar-refractivity contribution >= 4 is 28.4 Å². The summed E-state index contributed by atoms with van der Waals surface area (Å²) in [5.41, 5.74) is 3.46. The minimum absolute atomic E-state index is 0.0877. The summed E-state index contributed by atoms with van der Waals surface area (Å²) in [6.45, 7) is 2.35. The number of rotatable bonds is 5. The van der Waals surface area contributed by atoms with E-state index in [1.807, 2.05) is 25.1 Å². The molecule has 0 radical (unpaired) electrons. The number of hydrogen-bond donors (Lipinski definition) is 2. The van der Waals surface area contributed by atoms with Crippen molar-refractivity contribution < 1.29 is 9.18 Å². The highest BCUT2D eigenvalue weighted by molar-refractivity contribution is 6.31. The molecule has 2 N–H and O–H groups in total. The Balaban J connectivity index is 1.64. The highest BCUT2D eigenvalue weighted by atomic mass is 35.5. The summed E-state index contributed by atoms with van der Waals surface area (Å²) in [5, 5.41) is 4.45. The number of aryl methyl sites for hydroxylation is 1. The second-order valence-corrected chi connectivity index (χ2v) is 6.22. The molecule has 3 rings (SSSR count). The number of benzene rings is 2. The highest BCUT2D eigenvalue weighted by Gasteiger charge is 2.13. The van der Waals surface area contributed by atoms with Crippen molar-refractivity contribution in [3.05, 3.63) is 70.1 Å². The van der Waals surface area contributed by atoms with E-state index in [0.29, 0.717) is 23.6 Å². The quantitative estimate of drug-likeness (QED) is 0.717. The number of carbonyl (C=O) groups excluding carboxylic acids is 1. The normalized spacial score (nSPS) is 11.0. The predicted molar refractivity (Wildman–Crippen MR) is 94.9 cm³/mol. The van der Waals surface area contributed by atoms with Crippen LogP contribution in [-0.4, -0.2) is 17.4 Å². The van der Waals surface area contributed by atoms with Crippen LogP contribution in [0, 0.1) is 12.7 Å². The lowest BCUT2D eigenvalue weighted by molar-refractivity contribution is -0.120. The molecule has 1 heterocycles. The number of H-pyrrole nitrogens is 1. The van der Waals surface area contributed by atoms with E-state index in [1.165, 1.54) is 6.07 Å². The maximum atomic E-state index is 13.6. The summed E-state index contributed by atoms with van der Waals surface area (Å²) >= 11 is 6.05.